The first kappa shape index (κ1) is 12.2. The minimum absolute atomic E-state index is 0.00522. The molecule has 0 aliphatic rings. The van der Waals surface area contributed by atoms with Gasteiger partial charge in [-0.3, -0.25) is 0 Å². The van der Waals surface area contributed by atoms with E-state index in [2.05, 4.69) is 15.9 Å². The van der Waals surface area contributed by atoms with Crippen LogP contribution < -0.4 is 0 Å². The normalized spacial score (nSPS) is 11.0. The molecule has 0 aliphatic heterocycles. The van der Waals surface area contributed by atoms with Crippen LogP contribution in [0.5, 0.6) is 0 Å². The second-order valence-corrected chi connectivity index (χ2v) is 6.69. The van der Waals surface area contributed by atoms with Crippen molar-refractivity contribution in [3.05, 3.63) is 25.7 Å². The summed E-state index contributed by atoms with van der Waals surface area (Å²) in [6.45, 7) is 0. The van der Waals surface area contributed by atoms with Crippen molar-refractivity contribution < 1.29 is 8.42 Å². The van der Waals surface area contributed by atoms with E-state index in [9.17, 15) is 8.42 Å². The van der Waals surface area contributed by atoms with Gasteiger partial charge in [-0.05, 0) is 50.7 Å². The minimum atomic E-state index is -3.76. The molecule has 0 atom stereocenters. The topological polar surface area (TPSA) is 57.9 Å². The summed E-state index contributed by atoms with van der Waals surface area (Å²) in [5, 5.41) is 8.67. The second kappa shape index (κ2) is 4.35. The van der Waals surface area contributed by atoms with Crippen LogP contribution in [0.4, 0.5) is 0 Å². The molecule has 0 amide bonds. The molecule has 0 aliphatic carbocycles. The van der Waals surface area contributed by atoms with Gasteiger partial charge in [0.1, 0.15) is 6.07 Å². The second-order valence-electron chi connectivity index (χ2n) is 2.29. The lowest BCUT2D eigenvalue weighted by Crippen LogP contribution is -1.96. The fourth-order valence-corrected chi connectivity index (χ4v) is 4.04. The number of benzene rings is 1. The summed E-state index contributed by atoms with van der Waals surface area (Å²) < 4.78 is 23.0. The maximum atomic E-state index is 11.1. The Morgan fingerprint density at radius 2 is 2.07 bits per heavy atom. The Kier molecular flexibility index (Phi) is 3.80. The number of hydrogen-bond acceptors (Lipinski definition) is 3. The lowest BCUT2D eigenvalue weighted by atomic mass is 10.2. The van der Waals surface area contributed by atoms with E-state index in [1.54, 1.807) is 0 Å². The van der Waals surface area contributed by atoms with Crippen LogP contribution in [0, 0.1) is 14.9 Å². The monoisotopic (exact) mass is 405 g/mol. The average molecular weight is 406 g/mol. The van der Waals surface area contributed by atoms with E-state index in [1.807, 2.05) is 28.7 Å². The molecule has 0 heterocycles. The van der Waals surface area contributed by atoms with Crippen molar-refractivity contribution in [1.29, 1.82) is 5.26 Å². The Morgan fingerprint density at radius 3 is 2.50 bits per heavy atom. The Bertz CT molecular complexity index is 523. The van der Waals surface area contributed by atoms with Crippen molar-refractivity contribution in [2.45, 2.75) is 4.90 Å². The van der Waals surface area contributed by atoms with Crippen LogP contribution in [0.2, 0.25) is 0 Å². The number of halogens is 3. The SMILES string of the molecule is N#Cc1ccc(S(=O)(=O)Cl)c(I)c1Br. The summed E-state index contributed by atoms with van der Waals surface area (Å²) in [7, 11) is 1.44. The molecule has 7 heteroatoms. The smallest absolute Gasteiger partial charge is 0.207 e. The maximum absolute atomic E-state index is 11.1. The summed E-state index contributed by atoms with van der Waals surface area (Å²) in [5.74, 6) is 0. The van der Waals surface area contributed by atoms with Gasteiger partial charge in [-0.1, -0.05) is 0 Å². The van der Waals surface area contributed by atoms with Gasteiger partial charge < -0.3 is 0 Å². The summed E-state index contributed by atoms with van der Waals surface area (Å²) in [4.78, 5) is 0.00522. The molecular formula is C7H2BrClINO2S. The lowest BCUT2D eigenvalue weighted by Gasteiger charge is -2.03. The first-order chi connectivity index (χ1) is 6.38. The average Bonchev–Trinajstić information content (AvgIpc) is 2.07. The molecule has 1 aromatic rings. The predicted molar refractivity (Wildman–Crippen MR) is 64.6 cm³/mol. The number of nitriles is 1. The number of nitrogens with zero attached hydrogens (tertiary/aromatic N) is 1. The molecular weight excluding hydrogens is 404 g/mol. The van der Waals surface area contributed by atoms with Crippen LogP contribution in [0.3, 0.4) is 0 Å². The first-order valence-corrected chi connectivity index (χ1v) is 7.39. The molecule has 3 nitrogen and oxygen atoms in total. The van der Waals surface area contributed by atoms with Crippen LogP contribution in [-0.4, -0.2) is 8.42 Å². The highest BCUT2D eigenvalue weighted by Gasteiger charge is 2.18. The third-order valence-electron chi connectivity index (χ3n) is 1.43. The zero-order valence-electron chi connectivity index (χ0n) is 6.46. The number of hydrogen-bond donors (Lipinski definition) is 0. The van der Waals surface area contributed by atoms with E-state index >= 15 is 0 Å². The van der Waals surface area contributed by atoms with Gasteiger partial charge in [-0.25, -0.2) is 8.42 Å². The highest BCUT2D eigenvalue weighted by Crippen LogP contribution is 2.30. The molecule has 1 rings (SSSR count). The molecule has 0 aromatic heterocycles. The van der Waals surface area contributed by atoms with E-state index in [4.69, 9.17) is 15.9 Å². The highest BCUT2D eigenvalue weighted by molar-refractivity contribution is 14.1. The summed E-state index contributed by atoms with van der Waals surface area (Å²) in [6.07, 6.45) is 0. The Labute approximate surface area is 108 Å². The van der Waals surface area contributed by atoms with Crippen LogP contribution in [0.25, 0.3) is 0 Å². The van der Waals surface area contributed by atoms with Crippen molar-refractivity contribution >= 4 is 58.3 Å². The largest absolute Gasteiger partial charge is 0.262 e. The molecule has 0 unspecified atom stereocenters. The number of rotatable bonds is 1. The van der Waals surface area contributed by atoms with E-state index in [-0.39, 0.29) is 4.90 Å². The first-order valence-electron chi connectivity index (χ1n) is 3.20. The van der Waals surface area contributed by atoms with Gasteiger partial charge in [-0.2, -0.15) is 5.26 Å². The summed E-state index contributed by atoms with van der Waals surface area (Å²) in [5.41, 5.74) is 0.374. The maximum Gasteiger partial charge on any atom is 0.262 e. The lowest BCUT2D eigenvalue weighted by molar-refractivity contribution is 0.609. The van der Waals surface area contributed by atoms with Gasteiger partial charge in [0.15, 0.2) is 0 Å². The van der Waals surface area contributed by atoms with Gasteiger partial charge in [0.25, 0.3) is 9.05 Å². The van der Waals surface area contributed by atoms with E-state index in [0.29, 0.717) is 13.6 Å². The zero-order chi connectivity index (χ0) is 10.9. The molecule has 1 aromatic carbocycles. The predicted octanol–water partition coefficient (Wildman–Crippen LogP) is 2.85. The van der Waals surface area contributed by atoms with Crippen LogP contribution in [0.15, 0.2) is 21.5 Å². The van der Waals surface area contributed by atoms with E-state index < -0.39 is 9.05 Å². The minimum Gasteiger partial charge on any atom is -0.207 e. The van der Waals surface area contributed by atoms with Gasteiger partial charge in [-0.15, -0.1) is 0 Å². The Hall–Kier alpha value is 0.160. The molecule has 14 heavy (non-hydrogen) atoms. The van der Waals surface area contributed by atoms with Crippen molar-refractivity contribution in [2.24, 2.45) is 0 Å². The van der Waals surface area contributed by atoms with Gasteiger partial charge in [0.2, 0.25) is 0 Å². The van der Waals surface area contributed by atoms with Crippen LogP contribution >= 0.6 is 49.2 Å². The van der Waals surface area contributed by atoms with Crippen molar-refractivity contribution in [3.8, 4) is 6.07 Å². The van der Waals surface area contributed by atoms with E-state index in [0.717, 1.165) is 0 Å². The van der Waals surface area contributed by atoms with Crippen molar-refractivity contribution in [3.63, 3.8) is 0 Å². The van der Waals surface area contributed by atoms with Gasteiger partial charge in [0.05, 0.1) is 10.5 Å². The fourth-order valence-electron chi connectivity index (χ4n) is 0.806. The molecule has 0 saturated heterocycles. The molecule has 0 spiro atoms. The molecule has 0 radical (unpaired) electrons. The molecule has 0 saturated carbocycles. The summed E-state index contributed by atoms with van der Waals surface area (Å²) >= 11 is 4.95. The molecule has 74 valence electrons. The van der Waals surface area contributed by atoms with Crippen molar-refractivity contribution in [1.82, 2.24) is 0 Å². The quantitative estimate of drug-likeness (QED) is 0.532. The fraction of sp³-hybridized carbons (Fsp3) is 0. The Balaban J connectivity index is 3.57. The standard InChI is InChI=1S/C7H2BrClINO2S/c8-6-4(3-11)1-2-5(7(6)10)14(9,12)13/h1-2H. The molecule has 0 bridgehead atoms. The van der Waals surface area contributed by atoms with Gasteiger partial charge >= 0.3 is 0 Å². The summed E-state index contributed by atoms with van der Waals surface area (Å²) in [6, 6.07) is 4.64. The van der Waals surface area contributed by atoms with Gasteiger partial charge in [0, 0.05) is 18.7 Å². The molecule has 0 N–H and O–H groups in total. The van der Waals surface area contributed by atoms with Crippen LogP contribution in [-0.2, 0) is 9.05 Å². The highest BCUT2D eigenvalue weighted by atomic mass is 127. The van der Waals surface area contributed by atoms with Crippen LogP contribution in [0.1, 0.15) is 5.56 Å². The zero-order valence-corrected chi connectivity index (χ0v) is 11.8. The third kappa shape index (κ3) is 2.39. The van der Waals surface area contributed by atoms with Crippen molar-refractivity contribution in [2.75, 3.05) is 0 Å². The molecule has 0 fully saturated rings. The van der Waals surface area contributed by atoms with E-state index in [1.165, 1.54) is 12.1 Å². The Morgan fingerprint density at radius 1 is 1.50 bits per heavy atom. The third-order valence-corrected chi connectivity index (χ3v) is 5.85.